The van der Waals surface area contributed by atoms with Crippen LogP contribution in [0.15, 0.2) is 54.6 Å². The molecule has 4 nitrogen and oxygen atoms in total. The summed E-state index contributed by atoms with van der Waals surface area (Å²) < 4.78 is 40.7. The molecule has 0 aromatic heterocycles. The second-order valence-electron chi connectivity index (χ2n) is 7.19. The first-order valence-corrected chi connectivity index (χ1v) is 9.67. The molecule has 0 aliphatic carbocycles. The van der Waals surface area contributed by atoms with Gasteiger partial charge in [0.15, 0.2) is 17.5 Å². The smallest absolute Gasteiger partial charge is 0.257 e. The summed E-state index contributed by atoms with van der Waals surface area (Å²) in [5.41, 5.74) is 0.0715. The number of carbonyl (C=O) groups is 2. The van der Waals surface area contributed by atoms with Crippen molar-refractivity contribution < 1.29 is 22.8 Å². The normalized spacial score (nSPS) is 14.6. The average molecular weight is 412 g/mol. The maximum atomic E-state index is 14.0. The fourth-order valence-electron chi connectivity index (χ4n) is 3.77. The summed E-state index contributed by atoms with van der Waals surface area (Å²) in [6.07, 6.45) is 0.494. The quantitative estimate of drug-likeness (QED) is 0.591. The van der Waals surface area contributed by atoms with E-state index in [4.69, 9.17) is 0 Å². The molecule has 1 fully saturated rings. The number of hydrogen-bond acceptors (Lipinski definition) is 2. The Morgan fingerprint density at radius 1 is 0.667 bits per heavy atom. The molecule has 0 unspecified atom stereocenters. The van der Waals surface area contributed by atoms with Gasteiger partial charge in [-0.3, -0.25) is 9.59 Å². The Balaban J connectivity index is 1.52. The predicted octanol–water partition coefficient (Wildman–Crippen LogP) is 4.25. The summed E-state index contributed by atoms with van der Waals surface area (Å²) in [7, 11) is 0. The molecular weight excluding hydrogens is 393 g/mol. The molecule has 1 aliphatic rings. The van der Waals surface area contributed by atoms with E-state index in [0.29, 0.717) is 18.5 Å². The highest BCUT2D eigenvalue weighted by atomic mass is 19.2. The molecule has 30 heavy (non-hydrogen) atoms. The third-order valence-electron chi connectivity index (χ3n) is 5.36. The van der Waals surface area contributed by atoms with Crippen molar-refractivity contribution >= 4 is 22.6 Å². The van der Waals surface area contributed by atoms with E-state index in [2.05, 4.69) is 0 Å². The van der Waals surface area contributed by atoms with Crippen molar-refractivity contribution in [1.29, 1.82) is 0 Å². The van der Waals surface area contributed by atoms with E-state index in [1.54, 1.807) is 11.0 Å². The van der Waals surface area contributed by atoms with E-state index in [1.165, 1.54) is 4.90 Å². The minimum absolute atomic E-state index is 0.139. The van der Waals surface area contributed by atoms with Gasteiger partial charge in [0, 0.05) is 31.7 Å². The maximum absolute atomic E-state index is 14.0. The van der Waals surface area contributed by atoms with Crippen LogP contribution in [0, 0.1) is 17.5 Å². The van der Waals surface area contributed by atoms with E-state index in [-0.39, 0.29) is 25.5 Å². The van der Waals surface area contributed by atoms with Gasteiger partial charge in [0.1, 0.15) is 0 Å². The molecule has 4 rings (SSSR count). The van der Waals surface area contributed by atoms with E-state index in [9.17, 15) is 22.8 Å². The van der Waals surface area contributed by atoms with Gasteiger partial charge in [-0.25, -0.2) is 13.2 Å². The Labute approximate surface area is 171 Å². The number of fused-ring (bicyclic) bond motifs is 1. The molecule has 0 atom stereocenters. The number of halogens is 3. The van der Waals surface area contributed by atoms with Crippen LogP contribution in [0.2, 0.25) is 0 Å². The van der Waals surface area contributed by atoms with E-state index < -0.39 is 28.9 Å². The van der Waals surface area contributed by atoms with Gasteiger partial charge in [-0.2, -0.15) is 0 Å². The first-order valence-electron chi connectivity index (χ1n) is 9.67. The summed E-state index contributed by atoms with van der Waals surface area (Å²) >= 11 is 0. The van der Waals surface area contributed by atoms with Gasteiger partial charge in [0.05, 0.1) is 5.56 Å². The molecular formula is C23H19F3N2O2. The molecule has 1 aliphatic heterocycles. The number of benzene rings is 3. The van der Waals surface area contributed by atoms with Crippen molar-refractivity contribution in [2.45, 2.75) is 6.42 Å². The number of nitrogens with zero attached hydrogens (tertiary/aromatic N) is 2. The molecule has 2 amide bonds. The summed E-state index contributed by atoms with van der Waals surface area (Å²) in [4.78, 5) is 28.8. The zero-order chi connectivity index (χ0) is 21.3. The van der Waals surface area contributed by atoms with Gasteiger partial charge in [0.2, 0.25) is 0 Å². The lowest BCUT2D eigenvalue weighted by Crippen LogP contribution is -2.37. The minimum atomic E-state index is -1.66. The van der Waals surface area contributed by atoms with Crippen molar-refractivity contribution in [3.63, 3.8) is 0 Å². The van der Waals surface area contributed by atoms with Crippen LogP contribution in [0.4, 0.5) is 13.2 Å². The molecule has 3 aromatic carbocycles. The van der Waals surface area contributed by atoms with Crippen LogP contribution >= 0.6 is 0 Å². The third kappa shape index (κ3) is 3.63. The molecule has 0 radical (unpaired) electrons. The Kier molecular flexibility index (Phi) is 5.44. The summed E-state index contributed by atoms with van der Waals surface area (Å²) in [6, 6.07) is 14.8. The van der Waals surface area contributed by atoms with Crippen molar-refractivity contribution in [3.8, 4) is 0 Å². The Bertz CT molecular complexity index is 1130. The van der Waals surface area contributed by atoms with Gasteiger partial charge in [-0.05, 0) is 35.4 Å². The SMILES string of the molecule is O=C(c1ccc(F)c(F)c1F)N1CCCN(C(=O)c2cccc3ccccc23)CC1. The van der Waals surface area contributed by atoms with E-state index >= 15 is 0 Å². The summed E-state index contributed by atoms with van der Waals surface area (Å²) in [5, 5.41) is 1.81. The number of carbonyl (C=O) groups excluding carboxylic acids is 2. The monoisotopic (exact) mass is 412 g/mol. The first kappa shape index (κ1) is 19.9. The molecule has 0 bridgehead atoms. The maximum Gasteiger partial charge on any atom is 0.257 e. The van der Waals surface area contributed by atoms with Crippen LogP contribution in [-0.4, -0.2) is 47.8 Å². The van der Waals surface area contributed by atoms with Crippen LogP contribution in [-0.2, 0) is 0 Å². The van der Waals surface area contributed by atoms with E-state index in [0.717, 1.165) is 22.9 Å². The third-order valence-corrected chi connectivity index (χ3v) is 5.36. The lowest BCUT2D eigenvalue weighted by Gasteiger charge is -2.23. The van der Waals surface area contributed by atoms with Gasteiger partial charge < -0.3 is 9.80 Å². The van der Waals surface area contributed by atoms with Gasteiger partial charge >= 0.3 is 0 Å². The molecule has 1 saturated heterocycles. The first-order chi connectivity index (χ1) is 14.5. The second kappa shape index (κ2) is 8.18. The fourth-order valence-corrected chi connectivity index (χ4v) is 3.77. The van der Waals surface area contributed by atoms with Crippen LogP contribution in [0.1, 0.15) is 27.1 Å². The lowest BCUT2D eigenvalue weighted by atomic mass is 10.0. The van der Waals surface area contributed by atoms with Crippen LogP contribution in [0.3, 0.4) is 0 Å². The zero-order valence-corrected chi connectivity index (χ0v) is 16.1. The highest BCUT2D eigenvalue weighted by Crippen LogP contribution is 2.22. The fraction of sp³-hybridized carbons (Fsp3) is 0.217. The zero-order valence-electron chi connectivity index (χ0n) is 16.1. The highest BCUT2D eigenvalue weighted by Gasteiger charge is 2.27. The predicted molar refractivity (Wildman–Crippen MR) is 107 cm³/mol. The molecule has 0 N–H and O–H groups in total. The van der Waals surface area contributed by atoms with Gasteiger partial charge in [-0.1, -0.05) is 36.4 Å². The Morgan fingerprint density at radius 2 is 1.30 bits per heavy atom. The molecule has 3 aromatic rings. The van der Waals surface area contributed by atoms with Crippen molar-refractivity contribution in [1.82, 2.24) is 9.80 Å². The van der Waals surface area contributed by atoms with Crippen LogP contribution in [0.25, 0.3) is 10.8 Å². The van der Waals surface area contributed by atoms with E-state index in [1.807, 2.05) is 36.4 Å². The highest BCUT2D eigenvalue weighted by molar-refractivity contribution is 6.07. The molecule has 154 valence electrons. The van der Waals surface area contributed by atoms with Crippen molar-refractivity contribution in [3.05, 3.63) is 83.2 Å². The molecule has 7 heteroatoms. The van der Waals surface area contributed by atoms with Crippen molar-refractivity contribution in [2.75, 3.05) is 26.2 Å². The summed E-state index contributed by atoms with van der Waals surface area (Å²) in [6.45, 7) is 1.16. The number of rotatable bonds is 2. The standard InChI is InChI=1S/C23H19F3N2O2/c24-19-10-9-18(20(25)21(19)26)23(30)28-12-4-11-27(13-14-28)22(29)17-8-3-6-15-5-1-2-7-16(15)17/h1-3,5-10H,4,11-14H2. The van der Waals surface area contributed by atoms with Gasteiger partial charge in [-0.15, -0.1) is 0 Å². The van der Waals surface area contributed by atoms with Gasteiger partial charge in [0.25, 0.3) is 11.8 Å². The molecule has 1 heterocycles. The molecule has 0 spiro atoms. The van der Waals surface area contributed by atoms with Crippen molar-refractivity contribution in [2.24, 2.45) is 0 Å². The largest absolute Gasteiger partial charge is 0.337 e. The Hall–Kier alpha value is -3.35. The average Bonchev–Trinajstić information content (AvgIpc) is 3.03. The lowest BCUT2D eigenvalue weighted by molar-refractivity contribution is 0.0716. The topological polar surface area (TPSA) is 40.6 Å². The Morgan fingerprint density at radius 3 is 2.03 bits per heavy atom. The number of amides is 2. The molecule has 0 saturated carbocycles. The van der Waals surface area contributed by atoms with Crippen LogP contribution < -0.4 is 0 Å². The number of hydrogen-bond donors (Lipinski definition) is 0. The second-order valence-corrected chi connectivity index (χ2v) is 7.19. The summed E-state index contributed by atoms with van der Waals surface area (Å²) in [5.74, 6) is -5.35. The van der Waals surface area contributed by atoms with Crippen LogP contribution in [0.5, 0.6) is 0 Å². The minimum Gasteiger partial charge on any atom is -0.337 e.